The molecule has 0 bridgehead atoms. The van der Waals surface area contributed by atoms with E-state index in [2.05, 4.69) is 6.58 Å². The molecule has 2 amide bonds. The van der Waals surface area contributed by atoms with Gasteiger partial charge in [-0.2, -0.15) is 0 Å². The average Bonchev–Trinajstić information content (AvgIpc) is 2.28. The molecule has 0 aliphatic carbocycles. The molecule has 0 atom stereocenters. The van der Waals surface area contributed by atoms with E-state index in [9.17, 15) is 9.59 Å². The Morgan fingerprint density at radius 2 is 2.00 bits per heavy atom. The maximum atomic E-state index is 11.8. The van der Waals surface area contributed by atoms with Crippen LogP contribution in [0.1, 0.15) is 6.92 Å². The molecule has 1 heterocycles. The highest BCUT2D eigenvalue weighted by atomic mass is 16.2. The first-order chi connectivity index (χ1) is 7.54. The van der Waals surface area contributed by atoms with Crippen LogP contribution in [0.25, 0.3) is 0 Å². The summed E-state index contributed by atoms with van der Waals surface area (Å²) in [7, 11) is 0. The van der Waals surface area contributed by atoms with Crippen molar-refractivity contribution in [2.75, 3.05) is 39.3 Å². The van der Waals surface area contributed by atoms with Crippen LogP contribution >= 0.6 is 0 Å². The lowest BCUT2D eigenvalue weighted by Gasteiger charge is -2.41. The van der Waals surface area contributed by atoms with Crippen molar-refractivity contribution in [1.82, 2.24) is 4.90 Å². The van der Waals surface area contributed by atoms with Gasteiger partial charge in [-0.15, -0.1) is 0 Å². The summed E-state index contributed by atoms with van der Waals surface area (Å²) in [5.74, 6) is -0.243. The number of likely N-dealkylation sites (N-methyl/N-ethyl adjacent to an activating group) is 1. The maximum absolute atomic E-state index is 11.8. The van der Waals surface area contributed by atoms with E-state index in [0.717, 1.165) is 32.7 Å². The van der Waals surface area contributed by atoms with Crippen molar-refractivity contribution in [3.05, 3.63) is 12.7 Å². The SMILES string of the molecule is C=CC(=O)[N+]1(CC)CCN(CC(N)=O)CC1. The molecule has 5 nitrogen and oxygen atoms in total. The smallest absolute Gasteiger partial charge is 0.338 e. The number of amides is 2. The number of primary amides is 1. The van der Waals surface area contributed by atoms with Gasteiger partial charge in [0.1, 0.15) is 0 Å². The third-order valence-corrected chi connectivity index (χ3v) is 3.32. The molecule has 0 aromatic heterocycles. The van der Waals surface area contributed by atoms with Crippen LogP contribution in [0, 0.1) is 0 Å². The molecule has 90 valence electrons. The van der Waals surface area contributed by atoms with Crippen molar-refractivity contribution in [1.29, 1.82) is 0 Å². The second-order valence-electron chi connectivity index (χ2n) is 4.19. The summed E-state index contributed by atoms with van der Waals surface area (Å²) >= 11 is 0. The van der Waals surface area contributed by atoms with Crippen LogP contribution in [-0.4, -0.2) is 60.5 Å². The van der Waals surface area contributed by atoms with Gasteiger partial charge in [0, 0.05) is 19.2 Å². The monoisotopic (exact) mass is 226 g/mol. The summed E-state index contributed by atoms with van der Waals surface area (Å²) < 4.78 is 0.443. The van der Waals surface area contributed by atoms with Crippen LogP contribution < -0.4 is 5.73 Å². The van der Waals surface area contributed by atoms with Crippen LogP contribution in [-0.2, 0) is 9.59 Å². The molecule has 1 aliphatic heterocycles. The van der Waals surface area contributed by atoms with Gasteiger partial charge in [0.25, 0.3) is 0 Å². The van der Waals surface area contributed by atoms with E-state index >= 15 is 0 Å². The summed E-state index contributed by atoms with van der Waals surface area (Å²) in [4.78, 5) is 24.6. The van der Waals surface area contributed by atoms with Crippen LogP contribution in [0.5, 0.6) is 0 Å². The van der Waals surface area contributed by atoms with Crippen molar-refractivity contribution < 1.29 is 14.1 Å². The zero-order chi connectivity index (χ0) is 12.2. The standard InChI is InChI=1S/C11H19N3O2/c1-3-11(16)14(4-2)7-5-13(6-8-14)9-10(12)15/h3H,1,4-9H2,2H3,(H-,12,15)/p+1. The summed E-state index contributed by atoms with van der Waals surface area (Å²) in [6, 6.07) is 0. The van der Waals surface area contributed by atoms with Gasteiger partial charge < -0.3 is 5.73 Å². The van der Waals surface area contributed by atoms with Gasteiger partial charge in [-0.05, 0) is 6.92 Å². The number of carbonyl (C=O) groups excluding carboxylic acids is 2. The van der Waals surface area contributed by atoms with Crippen LogP contribution in [0.15, 0.2) is 12.7 Å². The van der Waals surface area contributed by atoms with Gasteiger partial charge in [0.05, 0.1) is 26.2 Å². The quantitative estimate of drug-likeness (QED) is 0.511. The summed E-state index contributed by atoms with van der Waals surface area (Å²) in [6.07, 6.45) is 1.40. The summed E-state index contributed by atoms with van der Waals surface area (Å²) in [6.45, 7) is 9.53. The molecule has 16 heavy (non-hydrogen) atoms. The fraction of sp³-hybridized carbons (Fsp3) is 0.636. The van der Waals surface area contributed by atoms with E-state index in [1.807, 2.05) is 11.8 Å². The highest BCUT2D eigenvalue weighted by Gasteiger charge is 2.36. The number of rotatable bonds is 4. The van der Waals surface area contributed by atoms with Crippen molar-refractivity contribution in [2.24, 2.45) is 5.73 Å². The van der Waals surface area contributed by atoms with Gasteiger partial charge in [-0.25, -0.2) is 4.79 Å². The van der Waals surface area contributed by atoms with E-state index < -0.39 is 0 Å². The number of quaternary nitrogens is 1. The lowest BCUT2D eigenvalue weighted by molar-refractivity contribution is -0.855. The number of nitrogens with zero attached hydrogens (tertiary/aromatic N) is 2. The molecule has 0 unspecified atom stereocenters. The fourth-order valence-corrected chi connectivity index (χ4v) is 2.15. The molecule has 1 rings (SSSR count). The average molecular weight is 226 g/mol. The Kier molecular flexibility index (Phi) is 4.20. The second kappa shape index (κ2) is 5.23. The zero-order valence-electron chi connectivity index (χ0n) is 9.82. The first kappa shape index (κ1) is 12.9. The maximum Gasteiger partial charge on any atom is 0.338 e. The lowest BCUT2D eigenvalue weighted by atomic mass is 10.2. The number of piperazine rings is 1. The largest absolute Gasteiger partial charge is 0.369 e. The van der Waals surface area contributed by atoms with E-state index in [0.29, 0.717) is 4.48 Å². The predicted molar refractivity (Wildman–Crippen MR) is 61.4 cm³/mol. The Morgan fingerprint density at radius 3 is 2.38 bits per heavy atom. The van der Waals surface area contributed by atoms with Gasteiger partial charge in [-0.1, -0.05) is 6.58 Å². The molecular weight excluding hydrogens is 206 g/mol. The lowest BCUT2D eigenvalue weighted by Crippen LogP contribution is -2.62. The van der Waals surface area contributed by atoms with Crippen molar-refractivity contribution in [2.45, 2.75) is 6.92 Å². The number of carbonyl (C=O) groups is 2. The molecule has 5 heteroatoms. The van der Waals surface area contributed by atoms with Gasteiger partial charge in [0.2, 0.25) is 5.91 Å². The minimum atomic E-state index is -0.313. The molecule has 0 aromatic rings. The first-order valence-electron chi connectivity index (χ1n) is 5.58. The molecule has 1 aliphatic rings. The Labute approximate surface area is 96.1 Å². The van der Waals surface area contributed by atoms with E-state index in [1.165, 1.54) is 6.08 Å². The molecule has 0 saturated carbocycles. The topological polar surface area (TPSA) is 63.4 Å². The van der Waals surface area contributed by atoms with Gasteiger partial charge >= 0.3 is 5.91 Å². The number of hydrogen-bond donors (Lipinski definition) is 1. The number of hydrogen-bond acceptors (Lipinski definition) is 3. The Balaban J connectivity index is 2.60. The Morgan fingerprint density at radius 1 is 1.44 bits per heavy atom. The molecule has 0 radical (unpaired) electrons. The number of nitrogens with two attached hydrogens (primary N) is 1. The minimum absolute atomic E-state index is 0.0706. The molecule has 0 aromatic carbocycles. The van der Waals surface area contributed by atoms with Crippen LogP contribution in [0.3, 0.4) is 0 Å². The summed E-state index contributed by atoms with van der Waals surface area (Å²) in [5, 5.41) is 0. The third kappa shape index (κ3) is 2.68. The molecule has 2 N–H and O–H groups in total. The predicted octanol–water partition coefficient (Wildman–Crippen LogP) is -0.663. The van der Waals surface area contributed by atoms with Crippen molar-refractivity contribution >= 4 is 11.8 Å². The highest BCUT2D eigenvalue weighted by molar-refractivity contribution is 5.81. The second-order valence-corrected chi connectivity index (χ2v) is 4.19. The van der Waals surface area contributed by atoms with Crippen LogP contribution in [0.2, 0.25) is 0 Å². The molecular formula is C11H20N3O2+. The van der Waals surface area contributed by atoms with Crippen LogP contribution in [0.4, 0.5) is 0 Å². The first-order valence-corrected chi connectivity index (χ1v) is 5.58. The van der Waals surface area contributed by atoms with Gasteiger partial charge in [-0.3, -0.25) is 14.2 Å². The molecule has 1 fully saturated rings. The Bertz CT molecular complexity index is 294. The van der Waals surface area contributed by atoms with E-state index in [1.54, 1.807) is 0 Å². The normalized spacial score (nSPS) is 20.3. The fourth-order valence-electron chi connectivity index (χ4n) is 2.15. The van der Waals surface area contributed by atoms with E-state index in [4.69, 9.17) is 5.73 Å². The van der Waals surface area contributed by atoms with Crippen molar-refractivity contribution in [3.8, 4) is 0 Å². The van der Waals surface area contributed by atoms with Gasteiger partial charge in [0.15, 0.2) is 0 Å². The van der Waals surface area contributed by atoms with Crippen molar-refractivity contribution in [3.63, 3.8) is 0 Å². The molecule has 0 spiro atoms. The summed E-state index contributed by atoms with van der Waals surface area (Å²) in [5.41, 5.74) is 5.14. The zero-order valence-corrected chi connectivity index (χ0v) is 9.82. The minimum Gasteiger partial charge on any atom is -0.369 e. The Hall–Kier alpha value is -1.20. The third-order valence-electron chi connectivity index (χ3n) is 3.32. The van der Waals surface area contributed by atoms with E-state index in [-0.39, 0.29) is 18.4 Å². The molecule has 1 saturated heterocycles. The highest BCUT2D eigenvalue weighted by Crippen LogP contribution is 2.14.